The maximum Gasteiger partial charge on any atom is 0.208 e. The second kappa shape index (κ2) is 5.57. The number of hydrogen-bond acceptors (Lipinski definition) is 6. The minimum absolute atomic E-state index is 0.283. The molecular formula is C12H18N6O2S. The van der Waals surface area contributed by atoms with E-state index in [0.29, 0.717) is 6.54 Å². The van der Waals surface area contributed by atoms with Gasteiger partial charge in [-0.1, -0.05) is 0 Å². The molecule has 1 fully saturated rings. The van der Waals surface area contributed by atoms with Gasteiger partial charge in [0.05, 0.1) is 17.8 Å². The molecule has 114 valence electrons. The number of H-pyrrole nitrogens is 1. The molecule has 1 unspecified atom stereocenters. The zero-order valence-corrected chi connectivity index (χ0v) is 12.6. The van der Waals surface area contributed by atoms with Gasteiger partial charge in [0, 0.05) is 19.6 Å². The Kier molecular flexibility index (Phi) is 3.77. The summed E-state index contributed by atoms with van der Waals surface area (Å²) in [6, 6.07) is 0. The summed E-state index contributed by atoms with van der Waals surface area (Å²) >= 11 is 0. The molecule has 0 saturated carbocycles. The number of anilines is 1. The number of hydrogen-bond donors (Lipinski definition) is 2. The minimum Gasteiger partial charge on any atom is -0.356 e. The van der Waals surface area contributed by atoms with Crippen molar-refractivity contribution in [3.05, 3.63) is 12.5 Å². The molecule has 1 aliphatic heterocycles. The number of sulfonamides is 1. The first-order valence-corrected chi connectivity index (χ1v) is 8.76. The molecule has 2 N–H and O–H groups in total. The van der Waals surface area contributed by atoms with Crippen molar-refractivity contribution in [2.45, 2.75) is 12.8 Å². The van der Waals surface area contributed by atoms with E-state index in [9.17, 15) is 8.42 Å². The molecule has 2 aromatic heterocycles. The van der Waals surface area contributed by atoms with Crippen molar-refractivity contribution in [2.75, 3.05) is 30.8 Å². The quantitative estimate of drug-likeness (QED) is 0.831. The van der Waals surface area contributed by atoms with Gasteiger partial charge < -0.3 is 4.90 Å². The maximum atomic E-state index is 11.2. The lowest BCUT2D eigenvalue weighted by Crippen LogP contribution is -2.41. The highest BCUT2D eigenvalue weighted by atomic mass is 32.2. The first kappa shape index (κ1) is 14.2. The van der Waals surface area contributed by atoms with Crippen LogP contribution in [0.25, 0.3) is 11.0 Å². The molecule has 2 aromatic rings. The summed E-state index contributed by atoms with van der Waals surface area (Å²) in [4.78, 5) is 10.7. The third-order valence-electron chi connectivity index (χ3n) is 3.68. The van der Waals surface area contributed by atoms with E-state index < -0.39 is 10.0 Å². The smallest absolute Gasteiger partial charge is 0.208 e. The van der Waals surface area contributed by atoms with E-state index in [1.165, 1.54) is 12.6 Å². The number of nitrogens with zero attached hydrogens (tertiary/aromatic N) is 4. The number of rotatable bonds is 4. The van der Waals surface area contributed by atoms with Gasteiger partial charge in [0.15, 0.2) is 5.65 Å². The number of aromatic nitrogens is 4. The van der Waals surface area contributed by atoms with Crippen molar-refractivity contribution in [2.24, 2.45) is 5.92 Å². The molecule has 0 bridgehead atoms. The van der Waals surface area contributed by atoms with Gasteiger partial charge in [-0.3, -0.25) is 5.10 Å². The summed E-state index contributed by atoms with van der Waals surface area (Å²) in [6.07, 6.45) is 6.46. The lowest BCUT2D eigenvalue weighted by Gasteiger charge is -2.33. The van der Waals surface area contributed by atoms with Gasteiger partial charge in [-0.15, -0.1) is 0 Å². The van der Waals surface area contributed by atoms with Crippen LogP contribution in [0.2, 0.25) is 0 Å². The molecule has 1 saturated heterocycles. The molecule has 1 atom stereocenters. The molecule has 8 nitrogen and oxygen atoms in total. The summed E-state index contributed by atoms with van der Waals surface area (Å²) in [5.74, 6) is 1.14. The van der Waals surface area contributed by atoms with E-state index in [1.807, 2.05) is 0 Å². The number of aromatic amines is 1. The van der Waals surface area contributed by atoms with E-state index in [0.717, 1.165) is 42.8 Å². The molecule has 0 amide bonds. The molecule has 9 heteroatoms. The van der Waals surface area contributed by atoms with Gasteiger partial charge in [0.25, 0.3) is 0 Å². The second-order valence-electron chi connectivity index (χ2n) is 5.40. The average molecular weight is 310 g/mol. The zero-order valence-electron chi connectivity index (χ0n) is 11.8. The first-order chi connectivity index (χ1) is 10.0. The van der Waals surface area contributed by atoms with Crippen molar-refractivity contribution in [1.29, 1.82) is 0 Å². The summed E-state index contributed by atoms with van der Waals surface area (Å²) in [5.41, 5.74) is 0.719. The molecular weight excluding hydrogens is 292 g/mol. The van der Waals surface area contributed by atoms with Crippen molar-refractivity contribution in [3.8, 4) is 0 Å². The van der Waals surface area contributed by atoms with Crippen molar-refractivity contribution < 1.29 is 8.42 Å². The van der Waals surface area contributed by atoms with Gasteiger partial charge in [-0.05, 0) is 18.8 Å². The van der Waals surface area contributed by atoms with Crippen LogP contribution in [0.4, 0.5) is 5.82 Å². The standard InChI is InChI=1S/C12H18N6O2S/c1-21(19,20)16-5-9-3-2-4-18(7-9)12-10-6-15-17-11(10)13-8-14-12/h6,8-9,16H,2-5,7H2,1H3,(H,13,14,15,17). The molecule has 1 aliphatic rings. The fourth-order valence-electron chi connectivity index (χ4n) is 2.70. The summed E-state index contributed by atoms with van der Waals surface area (Å²) in [6.45, 7) is 2.15. The molecule has 3 rings (SSSR count). The molecule has 0 aliphatic carbocycles. The van der Waals surface area contributed by atoms with Gasteiger partial charge in [-0.2, -0.15) is 5.10 Å². The lowest BCUT2D eigenvalue weighted by molar-refractivity contribution is 0.410. The van der Waals surface area contributed by atoms with Gasteiger partial charge in [0.1, 0.15) is 12.1 Å². The van der Waals surface area contributed by atoms with Crippen LogP contribution in [-0.2, 0) is 10.0 Å². The third kappa shape index (κ3) is 3.30. The van der Waals surface area contributed by atoms with Crippen LogP contribution < -0.4 is 9.62 Å². The first-order valence-electron chi connectivity index (χ1n) is 6.86. The fraction of sp³-hybridized carbons (Fsp3) is 0.583. The van der Waals surface area contributed by atoms with Crippen LogP contribution in [0.1, 0.15) is 12.8 Å². The van der Waals surface area contributed by atoms with Crippen LogP contribution in [-0.4, -0.2) is 54.5 Å². The molecule has 0 aromatic carbocycles. The van der Waals surface area contributed by atoms with Gasteiger partial charge >= 0.3 is 0 Å². The highest BCUT2D eigenvalue weighted by molar-refractivity contribution is 7.88. The Balaban J connectivity index is 1.75. The van der Waals surface area contributed by atoms with E-state index >= 15 is 0 Å². The van der Waals surface area contributed by atoms with Gasteiger partial charge in [0.2, 0.25) is 10.0 Å². The van der Waals surface area contributed by atoms with E-state index in [2.05, 4.69) is 29.8 Å². The van der Waals surface area contributed by atoms with Crippen LogP contribution in [0, 0.1) is 5.92 Å². The Morgan fingerprint density at radius 1 is 1.48 bits per heavy atom. The normalized spacial score (nSPS) is 20.0. The lowest BCUT2D eigenvalue weighted by atomic mass is 9.98. The van der Waals surface area contributed by atoms with E-state index in [-0.39, 0.29) is 5.92 Å². The molecule has 3 heterocycles. The van der Waals surface area contributed by atoms with Crippen molar-refractivity contribution >= 4 is 26.9 Å². The topological polar surface area (TPSA) is 104 Å². The zero-order chi connectivity index (χ0) is 14.9. The predicted octanol–water partition coefficient (Wildman–Crippen LogP) is 0.119. The Morgan fingerprint density at radius 3 is 3.14 bits per heavy atom. The largest absolute Gasteiger partial charge is 0.356 e. The van der Waals surface area contributed by atoms with Crippen LogP contribution >= 0.6 is 0 Å². The molecule has 0 radical (unpaired) electrons. The summed E-state index contributed by atoms with van der Waals surface area (Å²) in [5, 5.41) is 7.73. The predicted molar refractivity (Wildman–Crippen MR) is 79.5 cm³/mol. The highest BCUT2D eigenvalue weighted by Gasteiger charge is 2.23. The highest BCUT2D eigenvalue weighted by Crippen LogP contribution is 2.26. The van der Waals surface area contributed by atoms with Gasteiger partial charge in [-0.25, -0.2) is 23.1 Å². The van der Waals surface area contributed by atoms with Crippen molar-refractivity contribution in [1.82, 2.24) is 24.9 Å². The number of nitrogens with one attached hydrogen (secondary N) is 2. The fourth-order valence-corrected chi connectivity index (χ4v) is 3.24. The minimum atomic E-state index is -3.14. The number of piperidine rings is 1. The summed E-state index contributed by atoms with van der Waals surface area (Å²) in [7, 11) is -3.14. The maximum absolute atomic E-state index is 11.2. The van der Waals surface area contributed by atoms with Crippen LogP contribution in [0.5, 0.6) is 0 Å². The Morgan fingerprint density at radius 2 is 2.33 bits per heavy atom. The summed E-state index contributed by atoms with van der Waals surface area (Å²) < 4.78 is 25.0. The van der Waals surface area contributed by atoms with Crippen LogP contribution in [0.15, 0.2) is 12.5 Å². The molecule has 0 spiro atoms. The third-order valence-corrected chi connectivity index (χ3v) is 4.37. The Bertz CT molecular complexity index is 728. The molecule has 21 heavy (non-hydrogen) atoms. The SMILES string of the molecule is CS(=O)(=O)NCC1CCCN(c2ncnc3[nH]ncc23)C1. The monoisotopic (exact) mass is 310 g/mol. The Labute approximate surface area is 123 Å². The Hall–Kier alpha value is -1.74. The van der Waals surface area contributed by atoms with E-state index in [4.69, 9.17) is 0 Å². The van der Waals surface area contributed by atoms with E-state index in [1.54, 1.807) is 6.20 Å². The average Bonchev–Trinajstić information content (AvgIpc) is 2.93. The number of fused-ring (bicyclic) bond motifs is 1. The second-order valence-corrected chi connectivity index (χ2v) is 7.24. The van der Waals surface area contributed by atoms with Crippen LogP contribution in [0.3, 0.4) is 0 Å². The van der Waals surface area contributed by atoms with Crippen molar-refractivity contribution in [3.63, 3.8) is 0 Å².